The van der Waals surface area contributed by atoms with E-state index in [-0.39, 0.29) is 17.1 Å². The fourth-order valence-electron chi connectivity index (χ4n) is 2.78. The van der Waals surface area contributed by atoms with Gasteiger partial charge in [0.15, 0.2) is 11.5 Å². The number of primary amides is 1. The Hall–Kier alpha value is -3.43. The van der Waals surface area contributed by atoms with Crippen molar-refractivity contribution in [2.75, 3.05) is 7.11 Å². The number of phenolic OH excluding ortho intramolecular Hbond substituents is 1. The molecule has 3 aromatic carbocycles. The number of thioether (sulfide) groups is 1. The Morgan fingerprint density at radius 1 is 1.21 bits per heavy atom. The summed E-state index contributed by atoms with van der Waals surface area (Å²) >= 11 is 1.57. The Balaban J connectivity index is 1.90. The Morgan fingerprint density at radius 3 is 2.64 bits per heavy atom. The van der Waals surface area contributed by atoms with Crippen LogP contribution in [0.2, 0.25) is 0 Å². The molecule has 140 valence electrons. The van der Waals surface area contributed by atoms with Crippen LogP contribution < -0.4 is 10.5 Å². The number of methoxy groups -OCH3 is 1. The first-order valence-corrected chi connectivity index (χ1v) is 9.43. The third-order valence-electron chi connectivity index (χ3n) is 4.21. The number of ether oxygens (including phenoxy) is 1. The fourth-order valence-corrected chi connectivity index (χ4v) is 3.70. The second kappa shape index (κ2) is 8.51. The second-order valence-corrected chi connectivity index (χ2v) is 7.11. The summed E-state index contributed by atoms with van der Waals surface area (Å²) < 4.78 is 5.22. The average molecular weight is 390 g/mol. The molecule has 0 radical (unpaired) electrons. The summed E-state index contributed by atoms with van der Waals surface area (Å²) in [6.07, 6.45) is 1.38. The number of carbonyl (C=O) groups is 1. The van der Waals surface area contributed by atoms with Gasteiger partial charge >= 0.3 is 0 Å². The van der Waals surface area contributed by atoms with E-state index >= 15 is 0 Å². The number of amides is 1. The molecule has 6 heteroatoms. The number of aromatic hydroxyl groups is 1. The van der Waals surface area contributed by atoms with Gasteiger partial charge in [-0.15, -0.1) is 11.8 Å². The summed E-state index contributed by atoms with van der Waals surface area (Å²) in [4.78, 5) is 12.4. The van der Waals surface area contributed by atoms with Crippen molar-refractivity contribution < 1.29 is 14.6 Å². The van der Waals surface area contributed by atoms with Crippen LogP contribution in [0.4, 0.5) is 0 Å². The number of fused-ring (bicyclic) bond motifs is 1. The zero-order valence-corrected chi connectivity index (χ0v) is 16.0. The lowest BCUT2D eigenvalue weighted by Crippen LogP contribution is -2.12. The number of benzene rings is 3. The second-order valence-electron chi connectivity index (χ2n) is 6.06. The van der Waals surface area contributed by atoms with Gasteiger partial charge in [0.05, 0.1) is 7.11 Å². The first-order valence-electron chi connectivity index (χ1n) is 8.45. The third-order valence-corrected chi connectivity index (χ3v) is 5.25. The van der Waals surface area contributed by atoms with Gasteiger partial charge in [-0.1, -0.05) is 30.3 Å². The highest BCUT2D eigenvalue weighted by molar-refractivity contribution is 7.98. The van der Waals surface area contributed by atoms with Gasteiger partial charge in [0.25, 0.3) is 5.91 Å². The molecule has 0 fully saturated rings. The van der Waals surface area contributed by atoms with E-state index < -0.39 is 5.91 Å². The summed E-state index contributed by atoms with van der Waals surface area (Å²) in [5.41, 5.74) is 6.22. The first kappa shape index (κ1) is 19.3. The van der Waals surface area contributed by atoms with E-state index in [1.54, 1.807) is 30.0 Å². The van der Waals surface area contributed by atoms with E-state index in [4.69, 9.17) is 15.7 Å². The number of hydrogen-bond donors (Lipinski definition) is 2. The lowest BCUT2D eigenvalue weighted by atomic mass is 10.1. The van der Waals surface area contributed by atoms with E-state index in [1.165, 1.54) is 18.6 Å². The van der Waals surface area contributed by atoms with Gasteiger partial charge in [-0.2, -0.15) is 5.26 Å². The molecule has 0 aliphatic heterocycles. The van der Waals surface area contributed by atoms with Gasteiger partial charge < -0.3 is 15.6 Å². The van der Waals surface area contributed by atoms with Gasteiger partial charge in [-0.25, -0.2) is 0 Å². The van der Waals surface area contributed by atoms with Crippen molar-refractivity contribution in [3.05, 3.63) is 71.3 Å². The molecule has 0 unspecified atom stereocenters. The lowest BCUT2D eigenvalue weighted by molar-refractivity contribution is -0.114. The molecule has 0 bridgehead atoms. The quantitative estimate of drug-likeness (QED) is 0.373. The maximum atomic E-state index is 11.3. The molecule has 1 amide bonds. The Labute approximate surface area is 167 Å². The smallest absolute Gasteiger partial charge is 0.259 e. The molecule has 5 nitrogen and oxygen atoms in total. The summed E-state index contributed by atoms with van der Waals surface area (Å²) in [6, 6.07) is 19.3. The van der Waals surface area contributed by atoms with E-state index in [9.17, 15) is 9.90 Å². The van der Waals surface area contributed by atoms with Crippen molar-refractivity contribution in [3.63, 3.8) is 0 Å². The van der Waals surface area contributed by atoms with Crippen molar-refractivity contribution in [1.82, 2.24) is 0 Å². The van der Waals surface area contributed by atoms with Crippen LogP contribution in [-0.4, -0.2) is 18.1 Å². The van der Waals surface area contributed by atoms with Crippen LogP contribution in [0.25, 0.3) is 16.8 Å². The zero-order valence-electron chi connectivity index (χ0n) is 15.2. The summed E-state index contributed by atoms with van der Waals surface area (Å²) in [5, 5.41) is 21.8. The summed E-state index contributed by atoms with van der Waals surface area (Å²) in [7, 11) is 1.45. The molecule has 0 atom stereocenters. The molecule has 0 aromatic heterocycles. The average Bonchev–Trinajstić information content (AvgIpc) is 2.71. The van der Waals surface area contributed by atoms with Crippen LogP contribution in [0.5, 0.6) is 11.5 Å². The largest absolute Gasteiger partial charge is 0.504 e. The van der Waals surface area contributed by atoms with Crippen LogP contribution >= 0.6 is 11.8 Å². The predicted octanol–water partition coefficient (Wildman–Crippen LogP) is 4.24. The molecule has 3 aromatic rings. The monoisotopic (exact) mass is 390 g/mol. The standard InChI is InChI=1S/C22H18N2O3S/c1-27-20-10-14(8-17(12-23)22(24)26)9-18(21(20)25)13-28-19-7-6-15-4-2-3-5-16(15)11-19/h2-11,25H,13H2,1H3,(H2,24,26)/b17-8-. The molecule has 0 spiro atoms. The van der Waals surface area contributed by atoms with Crippen molar-refractivity contribution >= 4 is 34.5 Å². The van der Waals surface area contributed by atoms with Crippen molar-refractivity contribution in [2.24, 2.45) is 5.73 Å². The molecule has 0 saturated carbocycles. The van der Waals surface area contributed by atoms with Gasteiger partial charge in [-0.3, -0.25) is 4.79 Å². The fraction of sp³-hybridized carbons (Fsp3) is 0.0909. The number of nitrogens with zero attached hydrogens (tertiary/aromatic N) is 1. The Kier molecular flexibility index (Phi) is 5.87. The van der Waals surface area contributed by atoms with Crippen molar-refractivity contribution in [1.29, 1.82) is 5.26 Å². The van der Waals surface area contributed by atoms with E-state index in [1.807, 2.05) is 18.2 Å². The lowest BCUT2D eigenvalue weighted by Gasteiger charge is -2.11. The molecular weight excluding hydrogens is 372 g/mol. The number of hydrogen-bond acceptors (Lipinski definition) is 5. The Bertz CT molecular complexity index is 1120. The molecule has 0 aliphatic carbocycles. The maximum Gasteiger partial charge on any atom is 0.259 e. The highest BCUT2D eigenvalue weighted by Crippen LogP contribution is 2.36. The summed E-state index contributed by atoms with van der Waals surface area (Å²) in [5.74, 6) is -0.0162. The minimum atomic E-state index is -0.804. The predicted molar refractivity (Wildman–Crippen MR) is 111 cm³/mol. The zero-order chi connectivity index (χ0) is 20.1. The van der Waals surface area contributed by atoms with Gasteiger partial charge in [0.2, 0.25) is 0 Å². The van der Waals surface area contributed by atoms with Crippen LogP contribution in [0.3, 0.4) is 0 Å². The van der Waals surface area contributed by atoms with E-state index in [2.05, 4.69) is 24.3 Å². The molecule has 28 heavy (non-hydrogen) atoms. The summed E-state index contributed by atoms with van der Waals surface area (Å²) in [6.45, 7) is 0. The molecule has 0 aliphatic rings. The number of carbonyl (C=O) groups excluding carboxylic acids is 1. The van der Waals surface area contributed by atoms with Crippen LogP contribution in [0.15, 0.2) is 65.1 Å². The Morgan fingerprint density at radius 2 is 1.96 bits per heavy atom. The first-order chi connectivity index (χ1) is 13.5. The van der Waals surface area contributed by atoms with Gasteiger partial charge in [0.1, 0.15) is 11.6 Å². The van der Waals surface area contributed by atoms with E-state index in [0.717, 1.165) is 10.3 Å². The van der Waals surface area contributed by atoms with Gasteiger partial charge in [-0.05, 0) is 46.7 Å². The number of phenols is 1. The normalized spacial score (nSPS) is 11.2. The number of nitriles is 1. The molecular formula is C22H18N2O3S. The highest BCUT2D eigenvalue weighted by Gasteiger charge is 2.12. The van der Waals surface area contributed by atoms with Gasteiger partial charge in [0, 0.05) is 16.2 Å². The third kappa shape index (κ3) is 4.27. The van der Waals surface area contributed by atoms with Crippen LogP contribution in [0.1, 0.15) is 11.1 Å². The van der Waals surface area contributed by atoms with Crippen molar-refractivity contribution in [3.8, 4) is 17.6 Å². The molecule has 0 heterocycles. The minimum absolute atomic E-state index is 0.0329. The van der Waals surface area contributed by atoms with Crippen molar-refractivity contribution in [2.45, 2.75) is 10.6 Å². The molecule has 3 rings (SSSR count). The maximum absolute atomic E-state index is 11.3. The molecule has 3 N–H and O–H groups in total. The SMILES string of the molecule is COc1cc(/C=C(/C#N)C(N)=O)cc(CSc2ccc3ccccc3c2)c1O. The number of rotatable bonds is 6. The number of nitrogens with two attached hydrogens (primary N) is 1. The molecule has 0 saturated heterocycles. The van der Waals surface area contributed by atoms with Crippen LogP contribution in [0, 0.1) is 11.3 Å². The minimum Gasteiger partial charge on any atom is -0.504 e. The van der Waals surface area contributed by atoms with Crippen LogP contribution in [-0.2, 0) is 10.5 Å². The topological polar surface area (TPSA) is 96.3 Å². The highest BCUT2D eigenvalue weighted by atomic mass is 32.2. The van der Waals surface area contributed by atoms with E-state index in [0.29, 0.717) is 16.9 Å².